The fourth-order valence-electron chi connectivity index (χ4n) is 1.89. The normalized spacial score (nSPS) is 15.2. The summed E-state index contributed by atoms with van der Waals surface area (Å²) in [6.07, 6.45) is -1.78. The summed E-state index contributed by atoms with van der Waals surface area (Å²) in [6, 6.07) is 5.30. The molecule has 1 aromatic rings. The van der Waals surface area contributed by atoms with Crippen LogP contribution in [0, 0.1) is 5.41 Å². The molecule has 0 saturated heterocycles. The molecule has 1 N–H and O–H groups in total. The first kappa shape index (κ1) is 14.8. The largest absolute Gasteiger partial charge is 0.416 e. The fourth-order valence-corrected chi connectivity index (χ4v) is 1.89. The molecule has 0 aliphatic heterocycles. The van der Waals surface area contributed by atoms with Crippen molar-refractivity contribution in [2.24, 2.45) is 5.41 Å². The lowest BCUT2D eigenvalue weighted by Crippen LogP contribution is -2.29. The molecule has 100 valence electrons. The van der Waals surface area contributed by atoms with Gasteiger partial charge in [-0.05, 0) is 31.2 Å². The number of halogens is 3. The molecule has 1 rings (SSSR count). The second kappa shape index (κ2) is 5.57. The third-order valence-electron chi connectivity index (χ3n) is 2.96. The average Bonchev–Trinajstić information content (AvgIpc) is 2.29. The summed E-state index contributed by atoms with van der Waals surface area (Å²) in [5.74, 6) is 0. The Balaban J connectivity index is 2.83. The van der Waals surface area contributed by atoms with Crippen molar-refractivity contribution in [1.82, 2.24) is 5.32 Å². The van der Waals surface area contributed by atoms with Gasteiger partial charge in [0.2, 0.25) is 0 Å². The first-order chi connectivity index (χ1) is 8.30. The van der Waals surface area contributed by atoms with Crippen LogP contribution in [0.25, 0.3) is 0 Å². The van der Waals surface area contributed by atoms with E-state index in [4.69, 9.17) is 0 Å². The second-order valence-corrected chi connectivity index (χ2v) is 4.76. The van der Waals surface area contributed by atoms with Gasteiger partial charge in [-0.15, -0.1) is 6.58 Å². The summed E-state index contributed by atoms with van der Waals surface area (Å²) in [5.41, 5.74) is 0.106. The molecule has 0 saturated carbocycles. The first-order valence-corrected chi connectivity index (χ1v) is 5.75. The quantitative estimate of drug-likeness (QED) is 0.794. The van der Waals surface area contributed by atoms with Crippen LogP contribution in [-0.2, 0) is 12.6 Å². The molecule has 1 nitrogen and oxygen atoms in total. The Morgan fingerprint density at radius 2 is 1.78 bits per heavy atom. The maximum Gasteiger partial charge on any atom is 0.416 e. The van der Waals surface area contributed by atoms with Crippen molar-refractivity contribution in [3.8, 4) is 0 Å². The molecule has 1 aromatic carbocycles. The van der Waals surface area contributed by atoms with Crippen LogP contribution >= 0.6 is 0 Å². The molecule has 0 aliphatic carbocycles. The lowest BCUT2D eigenvalue weighted by molar-refractivity contribution is -0.137. The molecular formula is C14H18F3N. The Morgan fingerprint density at radius 3 is 2.17 bits per heavy atom. The molecule has 0 radical (unpaired) electrons. The van der Waals surface area contributed by atoms with E-state index in [1.165, 1.54) is 12.1 Å². The minimum Gasteiger partial charge on any atom is -0.319 e. The van der Waals surface area contributed by atoms with Crippen LogP contribution in [0.15, 0.2) is 36.9 Å². The Hall–Kier alpha value is -1.29. The first-order valence-electron chi connectivity index (χ1n) is 5.75. The van der Waals surface area contributed by atoms with E-state index in [0.29, 0.717) is 6.42 Å². The Bertz CT molecular complexity index is 394. The number of hydrogen-bond acceptors (Lipinski definition) is 1. The zero-order chi connectivity index (χ0) is 13.8. The van der Waals surface area contributed by atoms with Crippen LogP contribution in [-0.4, -0.2) is 13.6 Å². The molecule has 0 heterocycles. The van der Waals surface area contributed by atoms with Crippen molar-refractivity contribution in [1.29, 1.82) is 0 Å². The molecule has 0 aliphatic rings. The van der Waals surface area contributed by atoms with E-state index in [9.17, 15) is 13.2 Å². The third kappa shape index (κ3) is 3.88. The Morgan fingerprint density at radius 1 is 1.22 bits per heavy atom. The summed E-state index contributed by atoms with van der Waals surface area (Å²) in [4.78, 5) is 0. The van der Waals surface area contributed by atoms with E-state index in [1.54, 1.807) is 0 Å². The van der Waals surface area contributed by atoms with Crippen molar-refractivity contribution in [3.05, 3.63) is 48.0 Å². The molecule has 4 heteroatoms. The standard InChI is InChI=1S/C14H18F3N/c1-4-13(2,10-18-3)9-11-5-7-12(8-6-11)14(15,16)17/h4-8,18H,1,9-10H2,2-3H3. The molecule has 18 heavy (non-hydrogen) atoms. The van der Waals surface area contributed by atoms with Crippen molar-refractivity contribution in [3.63, 3.8) is 0 Å². The highest BCUT2D eigenvalue weighted by atomic mass is 19.4. The number of benzene rings is 1. The predicted octanol–water partition coefficient (Wildman–Crippen LogP) is 3.66. The van der Waals surface area contributed by atoms with Crippen molar-refractivity contribution >= 4 is 0 Å². The van der Waals surface area contributed by atoms with E-state index in [1.807, 2.05) is 20.0 Å². The highest BCUT2D eigenvalue weighted by molar-refractivity contribution is 5.26. The molecule has 0 aromatic heterocycles. The van der Waals surface area contributed by atoms with Gasteiger partial charge in [0.05, 0.1) is 5.56 Å². The lowest BCUT2D eigenvalue weighted by Gasteiger charge is -2.25. The average molecular weight is 257 g/mol. The Kier molecular flexibility index (Phi) is 4.57. The van der Waals surface area contributed by atoms with Gasteiger partial charge in [-0.3, -0.25) is 0 Å². The van der Waals surface area contributed by atoms with Crippen LogP contribution < -0.4 is 5.32 Å². The summed E-state index contributed by atoms with van der Waals surface area (Å²) >= 11 is 0. The maximum absolute atomic E-state index is 12.4. The van der Waals surface area contributed by atoms with Crippen LogP contribution in [0.2, 0.25) is 0 Å². The summed E-state index contributed by atoms with van der Waals surface area (Å²) < 4.78 is 37.3. The zero-order valence-corrected chi connectivity index (χ0v) is 10.6. The monoisotopic (exact) mass is 257 g/mol. The third-order valence-corrected chi connectivity index (χ3v) is 2.96. The summed E-state index contributed by atoms with van der Waals surface area (Å²) in [6.45, 7) is 6.54. The highest BCUT2D eigenvalue weighted by Crippen LogP contribution is 2.30. The lowest BCUT2D eigenvalue weighted by atomic mass is 9.83. The molecule has 1 atom stereocenters. The second-order valence-electron chi connectivity index (χ2n) is 4.76. The molecule has 0 bridgehead atoms. The zero-order valence-electron chi connectivity index (χ0n) is 10.6. The number of hydrogen-bond donors (Lipinski definition) is 1. The van der Waals surface area contributed by atoms with Crippen molar-refractivity contribution in [2.75, 3.05) is 13.6 Å². The van der Waals surface area contributed by atoms with Gasteiger partial charge in [0, 0.05) is 12.0 Å². The van der Waals surface area contributed by atoms with E-state index in [0.717, 1.165) is 24.2 Å². The molecular weight excluding hydrogens is 239 g/mol. The van der Waals surface area contributed by atoms with Gasteiger partial charge >= 0.3 is 6.18 Å². The van der Waals surface area contributed by atoms with Crippen molar-refractivity contribution in [2.45, 2.75) is 19.5 Å². The fraction of sp³-hybridized carbons (Fsp3) is 0.429. The minimum absolute atomic E-state index is 0.158. The predicted molar refractivity (Wildman–Crippen MR) is 67.4 cm³/mol. The summed E-state index contributed by atoms with van der Waals surface area (Å²) in [5, 5.41) is 3.06. The number of rotatable bonds is 5. The molecule has 0 spiro atoms. The topological polar surface area (TPSA) is 12.0 Å². The summed E-state index contributed by atoms with van der Waals surface area (Å²) in [7, 11) is 1.84. The van der Waals surface area contributed by atoms with Crippen LogP contribution in [0.4, 0.5) is 13.2 Å². The van der Waals surface area contributed by atoms with E-state index < -0.39 is 11.7 Å². The smallest absolute Gasteiger partial charge is 0.319 e. The van der Waals surface area contributed by atoms with Crippen molar-refractivity contribution < 1.29 is 13.2 Å². The van der Waals surface area contributed by atoms with Gasteiger partial charge in [0.15, 0.2) is 0 Å². The van der Waals surface area contributed by atoms with Gasteiger partial charge in [-0.2, -0.15) is 13.2 Å². The van der Waals surface area contributed by atoms with Gasteiger partial charge in [0.25, 0.3) is 0 Å². The van der Waals surface area contributed by atoms with E-state index >= 15 is 0 Å². The molecule has 0 fully saturated rings. The highest BCUT2D eigenvalue weighted by Gasteiger charge is 2.30. The molecule has 1 unspecified atom stereocenters. The van der Waals surface area contributed by atoms with Gasteiger partial charge in [-0.1, -0.05) is 25.1 Å². The number of nitrogens with one attached hydrogen (secondary N) is 1. The van der Waals surface area contributed by atoms with Crippen LogP contribution in [0.5, 0.6) is 0 Å². The van der Waals surface area contributed by atoms with E-state index in [2.05, 4.69) is 11.9 Å². The minimum atomic E-state index is -4.27. The molecule has 0 amide bonds. The van der Waals surface area contributed by atoms with Gasteiger partial charge in [0.1, 0.15) is 0 Å². The van der Waals surface area contributed by atoms with Crippen LogP contribution in [0.1, 0.15) is 18.1 Å². The van der Waals surface area contributed by atoms with Gasteiger partial charge in [-0.25, -0.2) is 0 Å². The SMILES string of the molecule is C=CC(C)(CNC)Cc1ccc(C(F)(F)F)cc1. The van der Waals surface area contributed by atoms with Crippen LogP contribution in [0.3, 0.4) is 0 Å². The number of alkyl halides is 3. The maximum atomic E-state index is 12.4. The van der Waals surface area contributed by atoms with Gasteiger partial charge < -0.3 is 5.32 Å². The Labute approximate surface area is 106 Å². The van der Waals surface area contributed by atoms with E-state index in [-0.39, 0.29) is 5.41 Å².